The van der Waals surface area contributed by atoms with Crippen molar-refractivity contribution in [3.63, 3.8) is 0 Å². The van der Waals surface area contributed by atoms with Crippen molar-refractivity contribution in [2.45, 2.75) is 13.1 Å². The van der Waals surface area contributed by atoms with Crippen LogP contribution in [-0.4, -0.2) is 34.2 Å². The minimum Gasteiger partial charge on any atom is -0.395 e. The van der Waals surface area contributed by atoms with E-state index in [1.807, 2.05) is 0 Å². The Morgan fingerprint density at radius 3 is 2.53 bits per heavy atom. The summed E-state index contributed by atoms with van der Waals surface area (Å²) >= 11 is 0.683. The molecule has 0 fully saturated rings. The first-order chi connectivity index (χ1) is 6.99. The zero-order chi connectivity index (χ0) is 11.5. The Morgan fingerprint density at radius 1 is 1.47 bits per heavy atom. The van der Waals surface area contributed by atoms with E-state index in [1.54, 1.807) is 6.92 Å². The largest absolute Gasteiger partial charge is 0.452 e. The van der Waals surface area contributed by atoms with E-state index in [4.69, 9.17) is 5.11 Å². The number of hydrogen-bond donors (Lipinski definition) is 1. The first-order valence-corrected chi connectivity index (χ1v) is 5.03. The average Bonchev–Trinajstić information content (AvgIpc) is 2.62. The zero-order valence-electron chi connectivity index (χ0n) is 7.95. The van der Waals surface area contributed by atoms with Gasteiger partial charge in [-0.05, 0) is 6.92 Å². The fourth-order valence-corrected chi connectivity index (χ4v) is 1.74. The highest BCUT2D eigenvalue weighted by atomic mass is 32.1. The molecule has 4 nitrogen and oxygen atoms in total. The maximum atomic E-state index is 12.2. The normalized spacial score (nSPS) is 11.8. The van der Waals surface area contributed by atoms with Gasteiger partial charge in [0.25, 0.3) is 0 Å². The Labute approximate surface area is 88.5 Å². The summed E-state index contributed by atoms with van der Waals surface area (Å²) in [5.41, 5.74) is 0. The molecule has 0 unspecified atom stereocenters. The quantitative estimate of drug-likeness (QED) is 0.865. The molecule has 0 atom stereocenters. The van der Waals surface area contributed by atoms with Crippen LogP contribution in [0.25, 0.3) is 0 Å². The van der Waals surface area contributed by atoms with E-state index in [-0.39, 0.29) is 18.3 Å². The molecule has 8 heteroatoms. The van der Waals surface area contributed by atoms with E-state index in [9.17, 15) is 13.2 Å². The predicted molar refractivity (Wildman–Crippen MR) is 49.9 cm³/mol. The summed E-state index contributed by atoms with van der Waals surface area (Å²) < 4.78 is 39.7. The molecular weight excluding hydrogens is 231 g/mol. The van der Waals surface area contributed by atoms with Crippen molar-refractivity contribution in [1.29, 1.82) is 0 Å². The predicted octanol–water partition coefficient (Wildman–Crippen LogP) is 1.38. The second-order valence-electron chi connectivity index (χ2n) is 2.70. The molecule has 1 rings (SSSR count). The van der Waals surface area contributed by atoms with Crippen molar-refractivity contribution in [1.82, 2.24) is 9.36 Å². The molecule has 86 valence electrons. The van der Waals surface area contributed by atoms with Crippen LogP contribution in [0.4, 0.5) is 18.3 Å². The van der Waals surface area contributed by atoms with Gasteiger partial charge >= 0.3 is 6.18 Å². The molecule has 0 amide bonds. The average molecular weight is 241 g/mol. The summed E-state index contributed by atoms with van der Waals surface area (Å²) in [6.45, 7) is 2.37. The van der Waals surface area contributed by atoms with Crippen LogP contribution in [0.3, 0.4) is 0 Å². The topological polar surface area (TPSA) is 49.2 Å². The van der Waals surface area contributed by atoms with E-state index in [0.717, 1.165) is 0 Å². The second kappa shape index (κ2) is 4.75. The number of likely N-dealkylation sites (N-methyl/N-ethyl adjacent to an activating group) is 1. The van der Waals surface area contributed by atoms with Gasteiger partial charge in [-0.25, -0.2) is 0 Å². The maximum absolute atomic E-state index is 12.2. The number of rotatable bonds is 4. The lowest BCUT2D eigenvalue weighted by Crippen LogP contribution is -2.26. The lowest BCUT2D eigenvalue weighted by atomic mass is 10.5. The van der Waals surface area contributed by atoms with E-state index in [0.29, 0.717) is 18.1 Å². The molecule has 0 bridgehead atoms. The van der Waals surface area contributed by atoms with Crippen LogP contribution < -0.4 is 4.90 Å². The van der Waals surface area contributed by atoms with Crippen molar-refractivity contribution in [2.75, 3.05) is 24.6 Å². The van der Waals surface area contributed by atoms with Gasteiger partial charge in [0.2, 0.25) is 11.0 Å². The number of halogens is 3. The number of anilines is 1. The number of aliphatic hydroxyl groups is 1. The van der Waals surface area contributed by atoms with Crippen molar-refractivity contribution in [3.8, 4) is 0 Å². The van der Waals surface area contributed by atoms with Crippen LogP contribution in [-0.2, 0) is 6.18 Å². The van der Waals surface area contributed by atoms with Gasteiger partial charge in [-0.15, -0.1) is 0 Å². The number of hydrogen-bond acceptors (Lipinski definition) is 5. The summed E-state index contributed by atoms with van der Waals surface area (Å²) in [6.07, 6.45) is -4.51. The van der Waals surface area contributed by atoms with Gasteiger partial charge in [0.15, 0.2) is 0 Å². The lowest BCUT2D eigenvalue weighted by molar-refractivity contribution is -0.144. The van der Waals surface area contributed by atoms with E-state index in [2.05, 4.69) is 9.36 Å². The minimum atomic E-state index is -4.51. The summed E-state index contributed by atoms with van der Waals surface area (Å²) in [4.78, 5) is 4.90. The molecule has 0 aliphatic carbocycles. The van der Waals surface area contributed by atoms with Crippen LogP contribution in [0.1, 0.15) is 12.7 Å². The Balaban J connectivity index is 2.82. The Kier molecular flexibility index (Phi) is 3.86. The summed E-state index contributed by atoms with van der Waals surface area (Å²) in [5, 5.41) is 8.87. The monoisotopic (exact) mass is 241 g/mol. The molecule has 0 aliphatic rings. The molecule has 0 radical (unpaired) electrons. The number of aromatic nitrogens is 2. The number of alkyl halides is 3. The summed E-state index contributed by atoms with van der Waals surface area (Å²) in [6, 6.07) is 0. The van der Waals surface area contributed by atoms with Gasteiger partial charge in [0.05, 0.1) is 6.61 Å². The standard InChI is InChI=1S/C7H10F3N3OS/c1-2-13(3-4-14)6-11-5(12-15-6)7(8,9)10/h14H,2-4H2,1H3. The SMILES string of the molecule is CCN(CCO)c1nc(C(F)(F)F)ns1. The van der Waals surface area contributed by atoms with Crippen LogP contribution in [0.5, 0.6) is 0 Å². The molecule has 1 aromatic rings. The fourth-order valence-electron chi connectivity index (χ4n) is 0.969. The van der Waals surface area contributed by atoms with Crippen molar-refractivity contribution >= 4 is 16.7 Å². The molecular formula is C7H10F3N3OS. The minimum absolute atomic E-state index is 0.130. The van der Waals surface area contributed by atoms with E-state index in [1.165, 1.54) is 4.90 Å². The van der Waals surface area contributed by atoms with E-state index < -0.39 is 12.0 Å². The molecule has 1 aromatic heterocycles. The first kappa shape index (κ1) is 12.2. The molecule has 0 aromatic carbocycles. The third-order valence-corrected chi connectivity index (χ3v) is 2.47. The van der Waals surface area contributed by atoms with Gasteiger partial charge in [-0.2, -0.15) is 22.5 Å². The van der Waals surface area contributed by atoms with E-state index >= 15 is 0 Å². The third kappa shape index (κ3) is 3.03. The highest BCUT2D eigenvalue weighted by molar-refractivity contribution is 7.09. The molecule has 0 saturated heterocycles. The molecule has 0 saturated carbocycles. The second-order valence-corrected chi connectivity index (χ2v) is 3.43. The Bertz CT molecular complexity index is 315. The van der Waals surface area contributed by atoms with Crippen LogP contribution in [0.15, 0.2) is 0 Å². The third-order valence-electron chi connectivity index (χ3n) is 1.69. The maximum Gasteiger partial charge on any atom is 0.452 e. The van der Waals surface area contributed by atoms with Crippen molar-refractivity contribution < 1.29 is 18.3 Å². The van der Waals surface area contributed by atoms with Crippen molar-refractivity contribution in [2.24, 2.45) is 0 Å². The van der Waals surface area contributed by atoms with Crippen LogP contribution in [0, 0.1) is 0 Å². The summed E-state index contributed by atoms with van der Waals surface area (Å²) in [5.74, 6) is -1.13. The highest BCUT2D eigenvalue weighted by Crippen LogP contribution is 2.30. The van der Waals surface area contributed by atoms with Gasteiger partial charge in [0.1, 0.15) is 0 Å². The number of aliphatic hydroxyl groups excluding tert-OH is 1. The van der Waals surface area contributed by atoms with Crippen LogP contribution >= 0.6 is 11.5 Å². The van der Waals surface area contributed by atoms with Gasteiger partial charge in [-0.3, -0.25) is 0 Å². The Hall–Kier alpha value is -0.890. The molecule has 0 spiro atoms. The van der Waals surface area contributed by atoms with Crippen LogP contribution in [0.2, 0.25) is 0 Å². The smallest absolute Gasteiger partial charge is 0.395 e. The van der Waals surface area contributed by atoms with Gasteiger partial charge in [0, 0.05) is 24.6 Å². The number of nitrogens with zero attached hydrogens (tertiary/aromatic N) is 3. The first-order valence-electron chi connectivity index (χ1n) is 4.25. The van der Waals surface area contributed by atoms with Gasteiger partial charge in [-0.1, -0.05) is 0 Å². The Morgan fingerprint density at radius 2 is 2.13 bits per heavy atom. The summed E-state index contributed by atoms with van der Waals surface area (Å²) in [7, 11) is 0. The molecule has 1 heterocycles. The highest BCUT2D eigenvalue weighted by Gasteiger charge is 2.36. The molecule has 1 N–H and O–H groups in total. The molecule has 0 aliphatic heterocycles. The fraction of sp³-hybridized carbons (Fsp3) is 0.714. The van der Waals surface area contributed by atoms with Gasteiger partial charge < -0.3 is 10.0 Å². The lowest BCUT2D eigenvalue weighted by Gasteiger charge is -2.17. The van der Waals surface area contributed by atoms with Crippen molar-refractivity contribution in [3.05, 3.63) is 5.82 Å². The zero-order valence-corrected chi connectivity index (χ0v) is 8.77. The molecule has 15 heavy (non-hydrogen) atoms.